The molecule has 0 aliphatic carbocycles. The van der Waals surface area contributed by atoms with Crippen LogP contribution in [0.15, 0.2) is 29.4 Å². The minimum Gasteiger partial charge on any atom is -0.497 e. The third-order valence-electron chi connectivity index (χ3n) is 3.63. The molecule has 0 unspecified atom stereocenters. The van der Waals surface area contributed by atoms with E-state index in [4.69, 9.17) is 14.3 Å². The molecule has 0 N–H and O–H groups in total. The van der Waals surface area contributed by atoms with Crippen LogP contribution in [0, 0.1) is 5.92 Å². The van der Waals surface area contributed by atoms with E-state index in [0.29, 0.717) is 11.4 Å². The highest BCUT2D eigenvalue weighted by molar-refractivity contribution is 6.46. The highest BCUT2D eigenvalue weighted by atomic mass is 16.7. The van der Waals surface area contributed by atoms with Crippen LogP contribution >= 0.6 is 0 Å². The summed E-state index contributed by atoms with van der Waals surface area (Å²) < 4.78 is 9.88. The summed E-state index contributed by atoms with van der Waals surface area (Å²) in [7, 11) is 1.52. The van der Waals surface area contributed by atoms with Crippen molar-refractivity contribution in [2.75, 3.05) is 18.6 Å². The van der Waals surface area contributed by atoms with Gasteiger partial charge in [0.2, 0.25) is 12.0 Å². The van der Waals surface area contributed by atoms with Gasteiger partial charge in [-0.25, -0.2) is 9.69 Å². The van der Waals surface area contributed by atoms with Crippen molar-refractivity contribution < 1.29 is 28.7 Å². The van der Waals surface area contributed by atoms with E-state index in [9.17, 15) is 14.4 Å². The summed E-state index contributed by atoms with van der Waals surface area (Å²) in [6.07, 6.45) is -1.12. The van der Waals surface area contributed by atoms with Gasteiger partial charge in [0, 0.05) is 0 Å². The maximum atomic E-state index is 12.6. The first-order valence-corrected chi connectivity index (χ1v) is 7.01. The van der Waals surface area contributed by atoms with E-state index < -0.39 is 29.8 Å². The number of ether oxygens (including phenoxy) is 2. The lowest BCUT2D eigenvalue weighted by molar-refractivity contribution is -0.136. The number of anilines is 1. The Labute approximate surface area is 131 Å². The van der Waals surface area contributed by atoms with Crippen LogP contribution in [0.25, 0.3) is 0 Å². The summed E-state index contributed by atoms with van der Waals surface area (Å²) in [4.78, 5) is 42.8. The second-order valence-electron chi connectivity index (χ2n) is 4.91. The average Bonchev–Trinajstić information content (AvgIpc) is 3.09. The summed E-state index contributed by atoms with van der Waals surface area (Å²) >= 11 is 0. The number of hydrogen-bond acceptors (Lipinski definition) is 7. The van der Waals surface area contributed by atoms with E-state index in [1.807, 2.05) is 0 Å². The van der Waals surface area contributed by atoms with Crippen molar-refractivity contribution in [2.24, 2.45) is 11.1 Å². The molecule has 1 aromatic rings. The Bertz CT molecular complexity index is 696. The number of carbonyl (C=O) groups is 3. The molecule has 0 aromatic heterocycles. The van der Waals surface area contributed by atoms with Crippen LogP contribution in [0.3, 0.4) is 0 Å². The second kappa shape index (κ2) is 5.71. The monoisotopic (exact) mass is 318 g/mol. The Balaban J connectivity index is 1.88. The first-order valence-electron chi connectivity index (χ1n) is 7.01. The molecule has 0 spiro atoms. The predicted molar refractivity (Wildman–Crippen MR) is 77.9 cm³/mol. The van der Waals surface area contributed by atoms with Crippen LogP contribution in [0.2, 0.25) is 0 Å². The number of nitrogens with zero attached hydrogens (tertiary/aromatic N) is 2. The Kier molecular flexibility index (Phi) is 3.73. The van der Waals surface area contributed by atoms with Gasteiger partial charge in [0.25, 0.3) is 5.91 Å². The molecule has 8 nitrogen and oxygen atoms in total. The quantitative estimate of drug-likeness (QED) is 0.593. The van der Waals surface area contributed by atoms with Gasteiger partial charge in [-0.2, -0.15) is 0 Å². The summed E-state index contributed by atoms with van der Waals surface area (Å²) in [5.74, 6) is -2.35. The molecular weight excluding hydrogens is 304 g/mol. The van der Waals surface area contributed by atoms with Gasteiger partial charge in [0.1, 0.15) is 11.7 Å². The van der Waals surface area contributed by atoms with Crippen molar-refractivity contribution in [1.29, 1.82) is 0 Å². The van der Waals surface area contributed by atoms with Gasteiger partial charge < -0.3 is 14.3 Å². The van der Waals surface area contributed by atoms with E-state index in [-0.39, 0.29) is 12.3 Å². The lowest BCUT2D eigenvalue weighted by Gasteiger charge is -2.15. The Morgan fingerprint density at radius 1 is 1.26 bits per heavy atom. The first kappa shape index (κ1) is 15.0. The van der Waals surface area contributed by atoms with Gasteiger partial charge >= 0.3 is 5.97 Å². The van der Waals surface area contributed by atoms with Crippen molar-refractivity contribution >= 4 is 29.2 Å². The number of hydrogen-bond donors (Lipinski definition) is 0. The Morgan fingerprint density at radius 2 is 1.96 bits per heavy atom. The molecule has 3 rings (SSSR count). The molecule has 2 aliphatic heterocycles. The minimum absolute atomic E-state index is 0.138. The van der Waals surface area contributed by atoms with Gasteiger partial charge in [0.05, 0.1) is 19.4 Å². The van der Waals surface area contributed by atoms with Crippen molar-refractivity contribution in [3.8, 4) is 5.75 Å². The fourth-order valence-corrected chi connectivity index (χ4v) is 2.54. The standard InChI is InChI=1S/C15H14N2O6/c1-3-22-15(20)11-10-12(23-16-11)14(19)17(13(10)18)8-4-6-9(21-2)7-5-8/h4-7,10,12H,3H2,1-2H3/t10-,12-/m1/s1. The van der Waals surface area contributed by atoms with Gasteiger partial charge in [0.15, 0.2) is 5.71 Å². The summed E-state index contributed by atoms with van der Waals surface area (Å²) in [5, 5.41) is 3.55. The fourth-order valence-electron chi connectivity index (χ4n) is 2.54. The van der Waals surface area contributed by atoms with Crippen LogP contribution in [0.5, 0.6) is 5.75 Å². The third kappa shape index (κ3) is 2.32. The molecule has 8 heteroatoms. The van der Waals surface area contributed by atoms with E-state index >= 15 is 0 Å². The SMILES string of the molecule is CCOC(=O)C1=NO[C@H]2C(=O)N(c3ccc(OC)cc3)C(=O)[C@H]12. The average molecular weight is 318 g/mol. The normalized spacial score (nSPS) is 22.5. The van der Waals surface area contributed by atoms with Gasteiger partial charge in [-0.15, -0.1) is 0 Å². The minimum atomic E-state index is -1.12. The van der Waals surface area contributed by atoms with Crippen LogP contribution in [-0.4, -0.2) is 43.3 Å². The van der Waals surface area contributed by atoms with Crippen LogP contribution in [-0.2, 0) is 24.0 Å². The molecule has 1 aromatic carbocycles. The van der Waals surface area contributed by atoms with Crippen molar-refractivity contribution in [3.05, 3.63) is 24.3 Å². The smallest absolute Gasteiger partial charge is 0.357 e. The molecule has 23 heavy (non-hydrogen) atoms. The van der Waals surface area contributed by atoms with E-state index in [0.717, 1.165) is 4.90 Å². The van der Waals surface area contributed by atoms with Crippen LogP contribution < -0.4 is 9.64 Å². The van der Waals surface area contributed by atoms with Gasteiger partial charge in [-0.3, -0.25) is 9.59 Å². The second-order valence-corrected chi connectivity index (χ2v) is 4.91. The number of rotatable bonds is 4. The summed E-state index contributed by atoms with van der Waals surface area (Å²) in [5.41, 5.74) is 0.202. The topological polar surface area (TPSA) is 94.5 Å². The van der Waals surface area contributed by atoms with Gasteiger partial charge in [-0.05, 0) is 31.2 Å². The molecule has 0 saturated carbocycles. The molecular formula is C15H14N2O6. The summed E-state index contributed by atoms with van der Waals surface area (Å²) in [6, 6.07) is 6.42. The lowest BCUT2D eigenvalue weighted by atomic mass is 10.00. The molecule has 2 heterocycles. The maximum absolute atomic E-state index is 12.6. The number of carbonyl (C=O) groups excluding carboxylic acids is 3. The molecule has 120 valence electrons. The molecule has 1 fully saturated rings. The fraction of sp³-hybridized carbons (Fsp3) is 0.333. The number of esters is 1. The highest BCUT2D eigenvalue weighted by Crippen LogP contribution is 2.34. The highest BCUT2D eigenvalue weighted by Gasteiger charge is 2.58. The lowest BCUT2D eigenvalue weighted by Crippen LogP contribution is -2.34. The first-order chi connectivity index (χ1) is 11.1. The van der Waals surface area contributed by atoms with Gasteiger partial charge in [-0.1, -0.05) is 5.16 Å². The summed E-state index contributed by atoms with van der Waals surface area (Å²) in [6.45, 7) is 1.77. The number of imide groups is 1. The van der Waals surface area contributed by atoms with E-state index in [1.165, 1.54) is 7.11 Å². The molecule has 2 amide bonds. The van der Waals surface area contributed by atoms with Crippen LogP contribution in [0.1, 0.15) is 6.92 Å². The third-order valence-corrected chi connectivity index (χ3v) is 3.63. The number of benzene rings is 1. The molecule has 0 radical (unpaired) electrons. The van der Waals surface area contributed by atoms with Crippen molar-refractivity contribution in [3.63, 3.8) is 0 Å². The predicted octanol–water partition coefficient (Wildman–Crippen LogP) is 0.502. The molecule has 2 aliphatic rings. The largest absolute Gasteiger partial charge is 0.497 e. The Hall–Kier alpha value is -2.90. The number of fused-ring (bicyclic) bond motifs is 1. The molecule has 0 bridgehead atoms. The van der Waals surface area contributed by atoms with E-state index in [2.05, 4.69) is 5.16 Å². The number of oxime groups is 1. The van der Waals surface area contributed by atoms with Crippen molar-refractivity contribution in [2.45, 2.75) is 13.0 Å². The van der Waals surface area contributed by atoms with E-state index in [1.54, 1.807) is 31.2 Å². The molecule has 2 atom stereocenters. The number of methoxy groups -OCH3 is 1. The zero-order valence-corrected chi connectivity index (χ0v) is 12.5. The van der Waals surface area contributed by atoms with Crippen molar-refractivity contribution in [1.82, 2.24) is 0 Å². The Morgan fingerprint density at radius 3 is 2.57 bits per heavy atom. The molecule has 1 saturated heterocycles. The van der Waals surface area contributed by atoms with Crippen LogP contribution in [0.4, 0.5) is 5.69 Å². The maximum Gasteiger partial charge on any atom is 0.357 e. The zero-order chi connectivity index (χ0) is 16.6. The zero-order valence-electron chi connectivity index (χ0n) is 12.5. The number of amides is 2.